The second-order valence-electron chi connectivity index (χ2n) is 5.38. The van der Waals surface area contributed by atoms with Gasteiger partial charge in [0.15, 0.2) is 11.5 Å². The van der Waals surface area contributed by atoms with E-state index < -0.39 is 0 Å². The number of thiophene rings is 1. The summed E-state index contributed by atoms with van der Waals surface area (Å²) >= 11 is 1.79. The Morgan fingerprint density at radius 1 is 0.714 bits per heavy atom. The van der Waals surface area contributed by atoms with Gasteiger partial charge in [0.1, 0.15) is 0 Å². The Balaban J connectivity index is 0.000000878. The van der Waals surface area contributed by atoms with E-state index in [1.807, 2.05) is 86.6 Å². The zero-order chi connectivity index (χ0) is 20.2. The molecule has 3 rings (SSSR count). The molecule has 0 amide bonds. The van der Waals surface area contributed by atoms with Crippen molar-refractivity contribution in [3.05, 3.63) is 82.6 Å². The van der Waals surface area contributed by atoms with E-state index in [2.05, 4.69) is 10.3 Å². The van der Waals surface area contributed by atoms with Gasteiger partial charge in [-0.3, -0.25) is 0 Å². The van der Waals surface area contributed by atoms with Gasteiger partial charge in [-0.15, -0.1) is 11.3 Å². The van der Waals surface area contributed by atoms with Crippen molar-refractivity contribution in [2.75, 3.05) is 0 Å². The van der Waals surface area contributed by atoms with Crippen LogP contribution >= 0.6 is 31.5 Å². The number of rotatable bonds is 6. The Hall–Kier alpha value is -1.82. The maximum atomic E-state index is 5.44. The topological polar surface area (TPSA) is 43.2 Å². The molecule has 0 saturated heterocycles. The van der Waals surface area contributed by atoms with Crippen molar-refractivity contribution in [2.24, 2.45) is 10.3 Å². The molecule has 0 aliphatic rings. The number of hydrogen-bond acceptors (Lipinski definition) is 5. The minimum absolute atomic E-state index is 0.194. The van der Waals surface area contributed by atoms with Gasteiger partial charge in [0.2, 0.25) is 0 Å². The van der Waals surface area contributed by atoms with E-state index in [0.717, 1.165) is 21.2 Å². The first-order chi connectivity index (χ1) is 13.6. The summed E-state index contributed by atoms with van der Waals surface area (Å²) in [7, 11) is 9.53. The van der Waals surface area contributed by atoms with Gasteiger partial charge in [-0.25, -0.2) is 0 Å². The van der Waals surface area contributed by atoms with Crippen LogP contribution in [0.3, 0.4) is 0 Å². The Morgan fingerprint density at radius 3 is 1.43 bits per heavy atom. The summed E-state index contributed by atoms with van der Waals surface area (Å²) in [5, 5.41) is 8.37. The standard InChI is InChI=1S/C20H18N2O2S.2ClH.Fe/c1-15(21-23-17-9-5-3-6-10-17)19-13-14-20(25-19)16(2)22-24-18-11-7-4-8-12-18;;;/h3-14H,1-2H3;2*1H;/q;;;+2/p-2/b21-15+,22-16+;;;. The van der Waals surface area contributed by atoms with Crippen LogP contribution in [0, 0.1) is 0 Å². The van der Waals surface area contributed by atoms with Gasteiger partial charge in [0.05, 0.1) is 21.2 Å². The van der Waals surface area contributed by atoms with E-state index in [-0.39, 0.29) is 13.1 Å². The average molecular weight is 477 g/mol. The SMILES string of the molecule is C/C(=N\Oc1ccccc1)c1ccc(/C(C)=N/Oc2ccccc2)s1.[Cl][Fe][Cl]. The third-order valence-electron chi connectivity index (χ3n) is 3.38. The van der Waals surface area contributed by atoms with Crippen molar-refractivity contribution in [1.82, 2.24) is 0 Å². The van der Waals surface area contributed by atoms with Gasteiger partial charge >= 0.3 is 33.3 Å². The Kier molecular flexibility index (Phi) is 10.1. The number of nitrogens with zero attached hydrogens (tertiary/aromatic N) is 2. The van der Waals surface area contributed by atoms with Crippen LogP contribution in [0.2, 0.25) is 0 Å². The molecular formula is C20H18Cl2FeN2O2S. The summed E-state index contributed by atoms with van der Waals surface area (Å²) in [5.41, 5.74) is 1.63. The van der Waals surface area contributed by atoms with Crippen molar-refractivity contribution in [1.29, 1.82) is 0 Å². The molecule has 0 atom stereocenters. The summed E-state index contributed by atoms with van der Waals surface area (Å²) in [5.74, 6) is 1.43. The first kappa shape index (κ1) is 22.5. The molecule has 0 saturated carbocycles. The van der Waals surface area contributed by atoms with Gasteiger partial charge in [-0.05, 0) is 50.2 Å². The molecule has 4 nitrogen and oxygen atoms in total. The monoisotopic (exact) mass is 476 g/mol. The summed E-state index contributed by atoms with van der Waals surface area (Å²) in [6.45, 7) is 3.84. The van der Waals surface area contributed by atoms with E-state index in [1.54, 1.807) is 11.3 Å². The third kappa shape index (κ3) is 7.66. The molecule has 1 aromatic heterocycles. The van der Waals surface area contributed by atoms with Crippen LogP contribution in [0.4, 0.5) is 0 Å². The minimum atomic E-state index is 0.194. The fourth-order valence-electron chi connectivity index (χ4n) is 2.02. The quantitative estimate of drug-likeness (QED) is 0.225. The molecule has 0 radical (unpaired) electrons. The zero-order valence-corrected chi connectivity index (χ0v) is 18.6. The molecule has 0 spiro atoms. The molecule has 2 aromatic carbocycles. The van der Waals surface area contributed by atoms with Gasteiger partial charge in [0, 0.05) is 0 Å². The van der Waals surface area contributed by atoms with E-state index in [4.69, 9.17) is 29.9 Å². The van der Waals surface area contributed by atoms with Gasteiger partial charge in [0.25, 0.3) is 0 Å². The first-order valence-corrected chi connectivity index (χ1v) is 12.0. The van der Waals surface area contributed by atoms with Crippen LogP contribution in [-0.4, -0.2) is 11.4 Å². The summed E-state index contributed by atoms with van der Waals surface area (Å²) < 4.78 is 0. The van der Waals surface area contributed by atoms with Crippen LogP contribution in [0.5, 0.6) is 11.5 Å². The third-order valence-corrected chi connectivity index (χ3v) is 4.68. The molecule has 0 unspecified atom stereocenters. The Bertz CT molecular complexity index is 831. The predicted molar refractivity (Wildman–Crippen MR) is 115 cm³/mol. The molecular weight excluding hydrogens is 459 g/mol. The number of benzene rings is 2. The Morgan fingerprint density at radius 2 is 1.07 bits per heavy atom. The van der Waals surface area contributed by atoms with Crippen molar-refractivity contribution in [2.45, 2.75) is 13.8 Å². The van der Waals surface area contributed by atoms with E-state index in [9.17, 15) is 0 Å². The van der Waals surface area contributed by atoms with Gasteiger partial charge < -0.3 is 9.68 Å². The van der Waals surface area contributed by atoms with Crippen molar-refractivity contribution >= 4 is 43.0 Å². The maximum absolute atomic E-state index is 5.44. The van der Waals surface area contributed by atoms with Gasteiger partial charge in [-0.1, -0.05) is 46.7 Å². The second-order valence-corrected chi connectivity index (χ2v) is 8.28. The van der Waals surface area contributed by atoms with Crippen LogP contribution in [0.25, 0.3) is 0 Å². The summed E-state index contributed by atoms with van der Waals surface area (Å²) in [6.07, 6.45) is 0. The second kappa shape index (κ2) is 12.6. The normalized spacial score (nSPS) is 11.6. The van der Waals surface area contributed by atoms with E-state index in [1.165, 1.54) is 0 Å². The summed E-state index contributed by atoms with van der Waals surface area (Å²) in [4.78, 5) is 12.9. The molecule has 0 bridgehead atoms. The van der Waals surface area contributed by atoms with Crippen LogP contribution < -0.4 is 9.68 Å². The number of hydrogen-bond donors (Lipinski definition) is 0. The number of oxime groups is 2. The number of para-hydroxylation sites is 2. The predicted octanol–water partition coefficient (Wildman–Crippen LogP) is 6.73. The van der Waals surface area contributed by atoms with E-state index >= 15 is 0 Å². The zero-order valence-electron chi connectivity index (χ0n) is 15.2. The molecule has 28 heavy (non-hydrogen) atoms. The Labute approximate surface area is 183 Å². The van der Waals surface area contributed by atoms with Crippen LogP contribution in [0.15, 0.2) is 83.1 Å². The fourth-order valence-corrected chi connectivity index (χ4v) is 2.90. The van der Waals surface area contributed by atoms with E-state index in [0.29, 0.717) is 11.5 Å². The number of halogens is 2. The molecule has 0 N–H and O–H groups in total. The summed E-state index contributed by atoms with van der Waals surface area (Å²) in [6, 6.07) is 23.0. The fraction of sp³-hybridized carbons (Fsp3) is 0.100. The molecule has 148 valence electrons. The van der Waals surface area contributed by atoms with Gasteiger partial charge in [-0.2, -0.15) is 0 Å². The van der Waals surface area contributed by atoms with Crippen molar-refractivity contribution in [3.63, 3.8) is 0 Å². The molecule has 0 fully saturated rings. The van der Waals surface area contributed by atoms with Crippen molar-refractivity contribution < 1.29 is 22.8 Å². The first-order valence-electron chi connectivity index (χ1n) is 8.13. The van der Waals surface area contributed by atoms with Crippen LogP contribution in [-0.2, 0) is 13.1 Å². The average Bonchev–Trinajstić information content (AvgIpc) is 3.23. The molecule has 3 aromatic rings. The molecule has 8 heteroatoms. The molecule has 0 aliphatic heterocycles. The molecule has 0 aliphatic carbocycles. The van der Waals surface area contributed by atoms with Crippen molar-refractivity contribution in [3.8, 4) is 11.5 Å². The molecule has 1 heterocycles. The van der Waals surface area contributed by atoms with Crippen LogP contribution in [0.1, 0.15) is 23.6 Å².